The highest BCUT2D eigenvalue weighted by Gasteiger charge is 2.36. The van der Waals surface area contributed by atoms with Gasteiger partial charge in [0.15, 0.2) is 11.2 Å². The third-order valence-corrected chi connectivity index (χ3v) is 4.31. The van der Waals surface area contributed by atoms with E-state index in [1.165, 1.54) is 6.92 Å². The van der Waals surface area contributed by atoms with Crippen molar-refractivity contribution in [3.63, 3.8) is 0 Å². The first-order valence-corrected chi connectivity index (χ1v) is 8.31. The summed E-state index contributed by atoms with van der Waals surface area (Å²) in [5.41, 5.74) is 1.29. The fraction of sp³-hybridized carbons (Fsp3) is 0.375. The second-order valence-electron chi connectivity index (χ2n) is 5.16. The van der Waals surface area contributed by atoms with Crippen molar-refractivity contribution in [1.29, 1.82) is 0 Å². The molecule has 7 nitrogen and oxygen atoms in total. The Hall–Kier alpha value is -2.35. The lowest BCUT2D eigenvalue weighted by Crippen LogP contribution is -2.38. The van der Waals surface area contributed by atoms with Crippen LogP contribution in [0.2, 0.25) is 0 Å². The number of benzene rings is 1. The van der Waals surface area contributed by atoms with E-state index < -0.39 is 17.9 Å². The number of carbonyl (C=O) groups excluding carboxylic acids is 2. The zero-order chi connectivity index (χ0) is 17.7. The maximum Gasteiger partial charge on any atom is 0.329 e. The molecule has 1 aliphatic rings. The molecule has 2 rings (SSSR count). The van der Waals surface area contributed by atoms with Crippen molar-refractivity contribution in [1.82, 2.24) is 5.01 Å². The first-order chi connectivity index (χ1) is 11.4. The van der Waals surface area contributed by atoms with Gasteiger partial charge in [-0.15, -0.1) is 0 Å². The Kier molecular flexibility index (Phi) is 5.97. The molecular weight excluding hydrogens is 332 g/mol. The molecule has 24 heavy (non-hydrogen) atoms. The number of hydrogen-bond donors (Lipinski definition) is 1. The molecule has 1 atom stereocenters. The second-order valence-corrected chi connectivity index (χ2v) is 6.43. The van der Waals surface area contributed by atoms with Crippen molar-refractivity contribution in [2.45, 2.75) is 25.8 Å². The number of thioether (sulfide) groups is 1. The second kappa shape index (κ2) is 7.96. The van der Waals surface area contributed by atoms with Crippen LogP contribution in [-0.4, -0.2) is 51.7 Å². The van der Waals surface area contributed by atoms with Crippen LogP contribution in [0.4, 0.5) is 0 Å². The molecule has 1 aliphatic heterocycles. The smallest absolute Gasteiger partial charge is 0.329 e. The largest absolute Gasteiger partial charge is 0.497 e. The van der Waals surface area contributed by atoms with Crippen molar-refractivity contribution in [2.75, 3.05) is 12.9 Å². The van der Waals surface area contributed by atoms with Crippen LogP contribution in [0, 0.1) is 0 Å². The van der Waals surface area contributed by atoms with Crippen LogP contribution in [0.25, 0.3) is 0 Å². The summed E-state index contributed by atoms with van der Waals surface area (Å²) in [5, 5.41) is 14.5. The summed E-state index contributed by atoms with van der Waals surface area (Å²) in [7, 11) is 1.56. The van der Waals surface area contributed by atoms with E-state index in [0.29, 0.717) is 17.2 Å². The molecule has 0 spiro atoms. The molecule has 1 aromatic rings. The van der Waals surface area contributed by atoms with Gasteiger partial charge in [-0.3, -0.25) is 9.59 Å². The number of carbonyl (C=O) groups is 3. The molecule has 8 heteroatoms. The standard InChI is InChI=1S/C16H18N2O5S/c1-10(19)24-8-7-15(20)18-14(16(21)22)9-13(17-18)11-3-5-12(23-2)6-4-11/h3-6,14H,7-9H2,1-2H3,(H,21,22). The topological polar surface area (TPSA) is 96.3 Å². The highest BCUT2D eigenvalue weighted by Crippen LogP contribution is 2.23. The Balaban J connectivity index is 2.14. The van der Waals surface area contributed by atoms with Crippen LogP contribution in [-0.2, 0) is 14.4 Å². The van der Waals surface area contributed by atoms with Crippen LogP contribution in [0.5, 0.6) is 5.75 Å². The number of aliphatic carboxylic acids is 1. The molecule has 1 unspecified atom stereocenters. The van der Waals surface area contributed by atoms with Gasteiger partial charge in [0.1, 0.15) is 5.75 Å². The lowest BCUT2D eigenvalue weighted by molar-refractivity contribution is -0.148. The van der Waals surface area contributed by atoms with Crippen LogP contribution in [0.15, 0.2) is 29.4 Å². The molecule has 0 bridgehead atoms. The lowest BCUT2D eigenvalue weighted by Gasteiger charge is -2.17. The van der Waals surface area contributed by atoms with E-state index in [1.54, 1.807) is 31.4 Å². The Morgan fingerprint density at radius 2 is 2.00 bits per heavy atom. The van der Waals surface area contributed by atoms with Gasteiger partial charge in [-0.25, -0.2) is 9.80 Å². The fourth-order valence-electron chi connectivity index (χ4n) is 2.29. The van der Waals surface area contributed by atoms with E-state index in [4.69, 9.17) is 4.74 Å². The van der Waals surface area contributed by atoms with Crippen molar-refractivity contribution in [3.05, 3.63) is 29.8 Å². The first kappa shape index (κ1) is 18.0. The zero-order valence-corrected chi connectivity index (χ0v) is 14.2. The molecule has 1 amide bonds. The highest BCUT2D eigenvalue weighted by atomic mass is 32.2. The molecule has 0 fully saturated rings. The summed E-state index contributed by atoms with van der Waals surface area (Å²) in [5.74, 6) is -0.513. The van der Waals surface area contributed by atoms with Gasteiger partial charge in [0.25, 0.3) is 0 Å². The zero-order valence-electron chi connectivity index (χ0n) is 13.4. The summed E-state index contributed by atoms with van der Waals surface area (Å²) in [6.45, 7) is 1.42. The van der Waals surface area contributed by atoms with Crippen LogP contribution in [0.1, 0.15) is 25.3 Å². The minimum atomic E-state index is -1.10. The number of methoxy groups -OCH3 is 1. The predicted octanol–water partition coefficient (Wildman–Crippen LogP) is 1.75. The average molecular weight is 350 g/mol. The Morgan fingerprint density at radius 3 is 2.54 bits per heavy atom. The molecule has 0 radical (unpaired) electrons. The Bertz CT molecular complexity index is 672. The SMILES string of the molecule is COc1ccc(C2=NN(C(=O)CCSC(C)=O)C(C(=O)O)C2)cc1. The van der Waals surface area contributed by atoms with Crippen LogP contribution >= 0.6 is 11.8 Å². The predicted molar refractivity (Wildman–Crippen MR) is 90.2 cm³/mol. The fourth-order valence-corrected chi connectivity index (χ4v) is 2.85. The summed E-state index contributed by atoms with van der Waals surface area (Å²) in [6.07, 6.45) is 0.209. The highest BCUT2D eigenvalue weighted by molar-refractivity contribution is 8.13. The van der Waals surface area contributed by atoms with E-state index in [0.717, 1.165) is 22.3 Å². The number of carboxylic acids is 1. The number of amides is 1. The van der Waals surface area contributed by atoms with Gasteiger partial charge in [0.2, 0.25) is 5.91 Å². The molecule has 0 aromatic heterocycles. The first-order valence-electron chi connectivity index (χ1n) is 7.32. The van der Waals surface area contributed by atoms with Crippen molar-refractivity contribution >= 4 is 34.5 Å². The third-order valence-electron chi connectivity index (χ3n) is 3.50. The van der Waals surface area contributed by atoms with E-state index in [-0.39, 0.29) is 18.0 Å². The van der Waals surface area contributed by atoms with E-state index in [1.807, 2.05) is 0 Å². The molecule has 0 saturated heterocycles. The number of nitrogens with zero attached hydrogens (tertiary/aromatic N) is 2. The van der Waals surface area contributed by atoms with E-state index >= 15 is 0 Å². The minimum absolute atomic E-state index is 0.0629. The van der Waals surface area contributed by atoms with Gasteiger partial charge < -0.3 is 9.84 Å². The number of carboxylic acid groups (broad SMARTS) is 1. The number of rotatable bonds is 6. The van der Waals surface area contributed by atoms with Crippen molar-refractivity contribution in [3.8, 4) is 5.75 Å². The normalized spacial score (nSPS) is 16.7. The quantitative estimate of drug-likeness (QED) is 0.840. The summed E-state index contributed by atoms with van der Waals surface area (Å²) in [4.78, 5) is 34.6. The molecule has 0 saturated carbocycles. The molecule has 1 N–H and O–H groups in total. The summed E-state index contributed by atoms with van der Waals surface area (Å²) < 4.78 is 5.09. The number of hydrazone groups is 1. The van der Waals surface area contributed by atoms with Gasteiger partial charge >= 0.3 is 5.97 Å². The molecular formula is C16H18N2O5S. The Morgan fingerprint density at radius 1 is 1.33 bits per heavy atom. The summed E-state index contributed by atoms with van der Waals surface area (Å²) >= 11 is 1.03. The number of ether oxygens (including phenoxy) is 1. The average Bonchev–Trinajstić information content (AvgIpc) is 3.00. The van der Waals surface area contributed by atoms with Gasteiger partial charge in [-0.05, 0) is 29.8 Å². The minimum Gasteiger partial charge on any atom is -0.497 e. The van der Waals surface area contributed by atoms with Crippen LogP contribution < -0.4 is 4.74 Å². The van der Waals surface area contributed by atoms with Gasteiger partial charge in [0.05, 0.1) is 12.8 Å². The number of hydrogen-bond acceptors (Lipinski definition) is 6. The molecule has 128 valence electrons. The van der Waals surface area contributed by atoms with E-state index in [9.17, 15) is 19.5 Å². The van der Waals surface area contributed by atoms with Gasteiger partial charge in [-0.2, -0.15) is 5.10 Å². The maximum absolute atomic E-state index is 12.2. The molecule has 1 heterocycles. The maximum atomic E-state index is 12.2. The molecule has 1 aromatic carbocycles. The van der Waals surface area contributed by atoms with Crippen molar-refractivity contribution < 1.29 is 24.2 Å². The van der Waals surface area contributed by atoms with Gasteiger partial charge in [0, 0.05) is 25.5 Å². The summed E-state index contributed by atoms with van der Waals surface area (Å²) in [6, 6.07) is 6.03. The van der Waals surface area contributed by atoms with E-state index in [2.05, 4.69) is 5.10 Å². The van der Waals surface area contributed by atoms with Crippen molar-refractivity contribution in [2.24, 2.45) is 5.10 Å². The monoisotopic (exact) mass is 350 g/mol. The Labute approximate surface area is 143 Å². The van der Waals surface area contributed by atoms with Gasteiger partial charge in [-0.1, -0.05) is 11.8 Å². The lowest BCUT2D eigenvalue weighted by atomic mass is 10.0. The molecule has 0 aliphatic carbocycles. The third kappa shape index (κ3) is 4.35. The van der Waals surface area contributed by atoms with Crippen LogP contribution in [0.3, 0.4) is 0 Å².